The van der Waals surface area contributed by atoms with E-state index in [1.54, 1.807) is 24.3 Å². The number of aromatic nitrogens is 1. The molecule has 1 aromatic carbocycles. The van der Waals surface area contributed by atoms with Gasteiger partial charge < -0.3 is 20.5 Å². The van der Waals surface area contributed by atoms with E-state index in [0.717, 1.165) is 0 Å². The monoisotopic (exact) mass is 474 g/mol. The molecular weight excluding hydrogens is 446 g/mol. The number of nitrogens with zero attached hydrogens (tertiary/aromatic N) is 1. The van der Waals surface area contributed by atoms with Crippen molar-refractivity contribution < 1.29 is 27.7 Å². The van der Waals surface area contributed by atoms with Crippen LogP contribution in [0.4, 0.5) is 8.78 Å². The van der Waals surface area contributed by atoms with Crippen molar-refractivity contribution in [3.05, 3.63) is 52.9 Å². The van der Waals surface area contributed by atoms with Gasteiger partial charge in [0.25, 0.3) is 11.8 Å². The topological polar surface area (TPSA) is 113 Å². The van der Waals surface area contributed by atoms with Crippen LogP contribution in [-0.4, -0.2) is 47.9 Å². The number of hydrogen-bond donors (Lipinski definition) is 3. The second-order valence-corrected chi connectivity index (χ2v) is 8.99. The summed E-state index contributed by atoms with van der Waals surface area (Å²) in [6.45, 7) is 0.379. The van der Waals surface area contributed by atoms with Crippen LogP contribution in [0.25, 0.3) is 0 Å². The van der Waals surface area contributed by atoms with Crippen LogP contribution in [0.5, 0.6) is 0 Å². The number of nitrogens with one attached hydrogen (secondary N) is 3. The Morgan fingerprint density at radius 3 is 2.62 bits per heavy atom. The summed E-state index contributed by atoms with van der Waals surface area (Å²) in [5.74, 6) is -3.19. The van der Waals surface area contributed by atoms with Gasteiger partial charge >= 0.3 is 0 Å². The first-order valence-corrected chi connectivity index (χ1v) is 11.6. The van der Waals surface area contributed by atoms with Crippen LogP contribution in [0.2, 0.25) is 0 Å². The third kappa shape index (κ3) is 5.98. The van der Waals surface area contributed by atoms with Crippen molar-refractivity contribution in [2.75, 3.05) is 13.1 Å². The summed E-state index contributed by atoms with van der Waals surface area (Å²) in [6, 6.07) is 8.57. The molecule has 0 spiro atoms. The van der Waals surface area contributed by atoms with Gasteiger partial charge in [-0.2, -0.15) is 0 Å². The minimum atomic E-state index is -2.65. The van der Waals surface area contributed by atoms with E-state index < -0.39 is 11.8 Å². The van der Waals surface area contributed by atoms with Crippen molar-refractivity contribution in [3.8, 4) is 0 Å². The van der Waals surface area contributed by atoms with Gasteiger partial charge in [-0.25, -0.2) is 8.78 Å². The van der Waals surface area contributed by atoms with Crippen molar-refractivity contribution >= 4 is 17.7 Å². The van der Waals surface area contributed by atoms with Crippen LogP contribution in [0, 0.1) is 5.92 Å². The molecule has 0 bridgehead atoms. The largest absolute Gasteiger partial charge is 0.360 e. The molecule has 2 atom stereocenters. The molecule has 2 aliphatic rings. The minimum absolute atomic E-state index is 0.130. The Labute approximate surface area is 195 Å². The molecule has 34 heavy (non-hydrogen) atoms. The maximum atomic E-state index is 13.4. The van der Waals surface area contributed by atoms with Gasteiger partial charge in [0.05, 0.1) is 0 Å². The molecule has 1 aromatic heterocycles. The average Bonchev–Trinajstić information content (AvgIpc) is 3.40. The van der Waals surface area contributed by atoms with Crippen molar-refractivity contribution in [2.24, 2.45) is 5.92 Å². The van der Waals surface area contributed by atoms with Crippen molar-refractivity contribution in [1.82, 2.24) is 21.1 Å². The molecule has 182 valence electrons. The Hall–Kier alpha value is -3.30. The average molecular weight is 475 g/mol. The quantitative estimate of drug-likeness (QED) is 0.544. The maximum Gasteiger partial charge on any atom is 0.273 e. The summed E-state index contributed by atoms with van der Waals surface area (Å²) >= 11 is 0. The summed E-state index contributed by atoms with van der Waals surface area (Å²) < 4.78 is 32.0. The number of amides is 3. The first kappa shape index (κ1) is 23.8. The van der Waals surface area contributed by atoms with Crippen molar-refractivity contribution in [3.63, 3.8) is 0 Å². The van der Waals surface area contributed by atoms with E-state index in [1.807, 2.05) is 6.07 Å². The lowest BCUT2D eigenvalue weighted by atomic mass is 9.91. The molecule has 1 saturated carbocycles. The third-order valence-electron chi connectivity index (χ3n) is 6.35. The van der Waals surface area contributed by atoms with Gasteiger partial charge in [0.15, 0.2) is 5.69 Å². The van der Waals surface area contributed by atoms with Crippen molar-refractivity contribution in [1.29, 1.82) is 0 Å². The van der Waals surface area contributed by atoms with Crippen LogP contribution < -0.4 is 16.0 Å². The molecule has 2 aliphatic carbocycles. The third-order valence-corrected chi connectivity index (χ3v) is 6.35. The maximum absolute atomic E-state index is 13.4. The summed E-state index contributed by atoms with van der Waals surface area (Å²) in [7, 11) is 0. The van der Waals surface area contributed by atoms with Gasteiger partial charge in [0, 0.05) is 55.9 Å². The molecule has 0 radical (unpaired) electrons. The number of aryl methyl sites for hydroxylation is 1. The van der Waals surface area contributed by atoms with Crippen molar-refractivity contribution in [2.45, 2.75) is 56.9 Å². The van der Waals surface area contributed by atoms with Gasteiger partial charge in [-0.3, -0.25) is 14.4 Å². The molecule has 0 saturated heterocycles. The summed E-state index contributed by atoms with van der Waals surface area (Å²) in [4.78, 5) is 37.0. The van der Waals surface area contributed by atoms with Crippen LogP contribution >= 0.6 is 0 Å². The molecular formula is C24H28F2N4O4. The molecule has 4 rings (SSSR count). The Kier molecular flexibility index (Phi) is 7.23. The number of benzene rings is 1. The predicted octanol–water partition coefficient (Wildman–Crippen LogP) is 2.63. The highest BCUT2D eigenvalue weighted by atomic mass is 19.3. The number of halogens is 2. The highest BCUT2D eigenvalue weighted by Gasteiger charge is 2.39. The van der Waals surface area contributed by atoms with E-state index in [-0.39, 0.29) is 61.8 Å². The lowest BCUT2D eigenvalue weighted by Gasteiger charge is -2.22. The van der Waals surface area contributed by atoms with E-state index >= 15 is 0 Å². The SMILES string of the molecule is O=C(CCNC(=O)c1ccccc1)N[C@@H]1CCc2onc(C(=O)NC[C@H]3CCC(F)(F)C3)c2C1. The second kappa shape index (κ2) is 10.3. The molecule has 2 aromatic rings. The summed E-state index contributed by atoms with van der Waals surface area (Å²) in [6.07, 6.45) is 1.71. The number of rotatable bonds is 8. The van der Waals surface area contributed by atoms with Crippen LogP contribution in [0.15, 0.2) is 34.9 Å². The molecule has 0 unspecified atom stereocenters. The Morgan fingerprint density at radius 2 is 1.88 bits per heavy atom. The standard InChI is InChI=1S/C24H28F2N4O4/c25-24(26)10-8-15(13-24)14-28-23(33)21-18-12-17(6-7-19(18)34-30-21)29-20(31)9-11-27-22(32)16-4-2-1-3-5-16/h1-5,15,17H,6-14H2,(H,27,32)(H,28,33)(H,29,31)/t15-,17+/m0/s1. The zero-order valence-electron chi connectivity index (χ0n) is 18.7. The molecule has 0 aliphatic heterocycles. The smallest absolute Gasteiger partial charge is 0.273 e. The molecule has 3 amide bonds. The fraction of sp³-hybridized carbons (Fsp3) is 0.500. The highest BCUT2D eigenvalue weighted by Crippen LogP contribution is 2.38. The minimum Gasteiger partial charge on any atom is -0.360 e. The number of carbonyl (C=O) groups is 3. The molecule has 8 nitrogen and oxygen atoms in total. The Bertz CT molecular complexity index is 1040. The lowest BCUT2D eigenvalue weighted by molar-refractivity contribution is -0.121. The lowest BCUT2D eigenvalue weighted by Crippen LogP contribution is -2.40. The molecule has 10 heteroatoms. The Morgan fingerprint density at radius 1 is 1.09 bits per heavy atom. The summed E-state index contributed by atoms with van der Waals surface area (Å²) in [5, 5.41) is 12.2. The Balaban J connectivity index is 1.24. The first-order chi connectivity index (χ1) is 16.3. The van der Waals surface area contributed by atoms with Gasteiger partial charge in [0.1, 0.15) is 5.76 Å². The highest BCUT2D eigenvalue weighted by molar-refractivity contribution is 5.94. The predicted molar refractivity (Wildman–Crippen MR) is 118 cm³/mol. The summed E-state index contributed by atoms with van der Waals surface area (Å²) in [5.41, 5.74) is 1.32. The van der Waals surface area contributed by atoms with E-state index in [2.05, 4.69) is 21.1 Å². The molecule has 1 heterocycles. The molecule has 1 fully saturated rings. The van der Waals surface area contributed by atoms with E-state index in [1.165, 1.54) is 0 Å². The van der Waals surface area contributed by atoms with Gasteiger partial charge in [-0.15, -0.1) is 0 Å². The van der Waals surface area contributed by atoms with Gasteiger partial charge in [-0.1, -0.05) is 23.4 Å². The van der Waals surface area contributed by atoms with Crippen LogP contribution in [0.1, 0.15) is 64.3 Å². The van der Waals surface area contributed by atoms with E-state index in [9.17, 15) is 23.2 Å². The molecule has 3 N–H and O–H groups in total. The fourth-order valence-electron chi connectivity index (χ4n) is 4.52. The van der Waals surface area contributed by atoms with Crippen LogP contribution in [0.3, 0.4) is 0 Å². The van der Waals surface area contributed by atoms with Crippen LogP contribution in [-0.2, 0) is 17.6 Å². The van der Waals surface area contributed by atoms with E-state index in [4.69, 9.17) is 4.52 Å². The zero-order chi connectivity index (χ0) is 24.1. The number of carbonyl (C=O) groups excluding carboxylic acids is 3. The second-order valence-electron chi connectivity index (χ2n) is 8.99. The van der Waals surface area contributed by atoms with Gasteiger partial charge in [0.2, 0.25) is 11.8 Å². The number of alkyl halides is 2. The number of hydrogen-bond acceptors (Lipinski definition) is 5. The zero-order valence-corrected chi connectivity index (χ0v) is 18.7. The normalized spacial score (nSPS) is 20.9. The number of fused-ring (bicyclic) bond motifs is 1. The fourth-order valence-corrected chi connectivity index (χ4v) is 4.52. The van der Waals surface area contributed by atoms with E-state index in [0.29, 0.717) is 42.6 Å². The first-order valence-electron chi connectivity index (χ1n) is 11.6. The van der Waals surface area contributed by atoms with Gasteiger partial charge in [-0.05, 0) is 37.3 Å².